The third-order valence-electron chi connectivity index (χ3n) is 6.69. The summed E-state index contributed by atoms with van der Waals surface area (Å²) in [6, 6.07) is 1.49. The summed E-state index contributed by atoms with van der Waals surface area (Å²) in [5.41, 5.74) is -0.863. The van der Waals surface area contributed by atoms with E-state index in [0.29, 0.717) is 43.6 Å². The minimum Gasteiger partial charge on any atom is -0.444 e. The van der Waals surface area contributed by atoms with Crippen LogP contribution in [-0.4, -0.2) is 125 Å². The lowest BCUT2D eigenvalue weighted by atomic mass is 10.2. The van der Waals surface area contributed by atoms with Gasteiger partial charge in [-0.05, 0) is 69.2 Å². The molecule has 244 valence electrons. The number of ether oxygens (including phenoxy) is 2. The monoisotopic (exact) mass is 607 g/mol. The normalized spacial score (nSPS) is 22.8. The summed E-state index contributed by atoms with van der Waals surface area (Å²) in [6.45, 7) is 26.0. The first-order valence-electron chi connectivity index (χ1n) is 15.1. The fourth-order valence-electron chi connectivity index (χ4n) is 4.55. The molecular formula is C29H53N9O5. The highest BCUT2D eigenvalue weighted by atomic mass is 16.6. The zero-order valence-electron chi connectivity index (χ0n) is 27.8. The molecule has 4 rings (SSSR count). The summed E-state index contributed by atoms with van der Waals surface area (Å²) in [5.74, 6) is 0.695. The third-order valence-corrected chi connectivity index (χ3v) is 6.69. The molecule has 0 radical (unpaired) electrons. The van der Waals surface area contributed by atoms with Crippen LogP contribution in [0.15, 0.2) is 4.52 Å². The molecule has 1 aromatic rings. The van der Waals surface area contributed by atoms with E-state index in [1.807, 2.05) is 55.4 Å². The Labute approximate surface area is 257 Å². The number of piperazine rings is 3. The first-order chi connectivity index (χ1) is 20.0. The number of anilines is 1. The van der Waals surface area contributed by atoms with Crippen LogP contribution >= 0.6 is 0 Å². The van der Waals surface area contributed by atoms with Crippen molar-refractivity contribution in [3.05, 3.63) is 5.82 Å². The molecule has 3 aliphatic rings. The molecule has 2 amide bonds. The number of nitriles is 1. The lowest BCUT2D eigenvalue weighted by molar-refractivity contribution is 0.0121. The molecule has 14 heteroatoms. The average molecular weight is 608 g/mol. The molecule has 14 nitrogen and oxygen atoms in total. The van der Waals surface area contributed by atoms with Gasteiger partial charge in [-0.25, -0.2) is 9.59 Å². The quantitative estimate of drug-likeness (QED) is 0.452. The average Bonchev–Trinajstić information content (AvgIpc) is 3.33. The number of hydrogen-bond donors (Lipinski definition) is 2. The Hall–Kier alpha value is -3.31. The molecule has 3 fully saturated rings. The lowest BCUT2D eigenvalue weighted by Gasteiger charge is -2.37. The van der Waals surface area contributed by atoms with Crippen LogP contribution in [0.5, 0.6) is 0 Å². The maximum atomic E-state index is 11.8. The van der Waals surface area contributed by atoms with E-state index < -0.39 is 11.2 Å². The Morgan fingerprint density at radius 3 is 1.98 bits per heavy atom. The smallest absolute Gasteiger partial charge is 0.410 e. The molecule has 2 N–H and O–H groups in total. The number of aromatic nitrogens is 2. The summed E-state index contributed by atoms with van der Waals surface area (Å²) in [4.78, 5) is 34.8. The van der Waals surface area contributed by atoms with Gasteiger partial charge in [0, 0.05) is 71.0 Å². The highest BCUT2D eigenvalue weighted by molar-refractivity contribution is 5.68. The lowest BCUT2D eigenvalue weighted by Crippen LogP contribution is -2.52. The molecule has 3 saturated heterocycles. The van der Waals surface area contributed by atoms with Crippen LogP contribution in [0.3, 0.4) is 0 Å². The van der Waals surface area contributed by atoms with Crippen LogP contribution in [0.25, 0.3) is 0 Å². The minimum absolute atomic E-state index is 0.0614. The van der Waals surface area contributed by atoms with E-state index in [1.54, 1.807) is 14.7 Å². The Morgan fingerprint density at radius 1 is 0.907 bits per heavy atom. The van der Waals surface area contributed by atoms with Gasteiger partial charge in [0.2, 0.25) is 0 Å². The van der Waals surface area contributed by atoms with Crippen molar-refractivity contribution in [1.82, 2.24) is 35.5 Å². The number of nitrogens with zero attached hydrogens (tertiary/aromatic N) is 7. The van der Waals surface area contributed by atoms with Crippen LogP contribution in [-0.2, 0) is 9.47 Å². The Bertz CT molecular complexity index is 1060. The summed E-state index contributed by atoms with van der Waals surface area (Å²) in [5, 5.41) is 19.2. The van der Waals surface area contributed by atoms with Gasteiger partial charge in [0.05, 0.1) is 6.04 Å². The van der Waals surface area contributed by atoms with E-state index in [1.165, 1.54) is 0 Å². The zero-order chi connectivity index (χ0) is 32.4. The van der Waals surface area contributed by atoms with Crippen molar-refractivity contribution < 1.29 is 23.6 Å². The Balaban J connectivity index is 0.000000226. The van der Waals surface area contributed by atoms with Gasteiger partial charge in [-0.2, -0.15) is 10.2 Å². The zero-order valence-corrected chi connectivity index (χ0v) is 27.8. The first-order valence-corrected chi connectivity index (χ1v) is 15.1. The van der Waals surface area contributed by atoms with Crippen LogP contribution in [0.2, 0.25) is 0 Å². The highest BCUT2D eigenvalue weighted by Gasteiger charge is 2.29. The number of aryl methyl sites for hydroxylation is 1. The topological polar surface area (TPSA) is 152 Å². The van der Waals surface area contributed by atoms with Crippen molar-refractivity contribution in [1.29, 1.82) is 5.26 Å². The number of rotatable bonds is 1. The fraction of sp³-hybridized carbons (Fsp3) is 0.828. The van der Waals surface area contributed by atoms with E-state index in [9.17, 15) is 9.59 Å². The standard InChI is InChI=1S/C11H19N3O2.C10H20N2O2.C8H14N4O/c1-9-7-13(5-6-14(9)8-12)10(15)16-11(2,3)4;1-8-7-12(6-5-11-8)9(13)14-10(2,3)4;1-6-5-9-3-4-12(6)8-10-7(2)11-13-8/h9H,5-7H2,1-4H3;8,11H,5-7H2,1-4H3;6,9H,3-5H2,1-2H3/t9-;8-;6-/m000/s1. The molecule has 0 spiro atoms. The Kier molecular flexibility index (Phi) is 13.3. The molecule has 0 saturated carbocycles. The maximum Gasteiger partial charge on any atom is 0.410 e. The molecule has 0 unspecified atom stereocenters. The van der Waals surface area contributed by atoms with E-state index in [4.69, 9.17) is 19.3 Å². The maximum absolute atomic E-state index is 11.8. The van der Waals surface area contributed by atoms with Crippen molar-refractivity contribution in [2.24, 2.45) is 0 Å². The number of hydrogen-bond acceptors (Lipinski definition) is 12. The van der Waals surface area contributed by atoms with E-state index in [2.05, 4.69) is 45.7 Å². The number of nitrogens with one attached hydrogen (secondary N) is 2. The molecule has 43 heavy (non-hydrogen) atoms. The highest BCUT2D eigenvalue weighted by Crippen LogP contribution is 2.16. The molecule has 3 aliphatic heterocycles. The molecule has 0 aliphatic carbocycles. The largest absolute Gasteiger partial charge is 0.444 e. The van der Waals surface area contributed by atoms with Crippen molar-refractivity contribution in [2.75, 3.05) is 63.8 Å². The van der Waals surface area contributed by atoms with Crippen LogP contribution in [0.1, 0.15) is 68.1 Å². The van der Waals surface area contributed by atoms with Gasteiger partial charge in [-0.1, -0.05) is 5.16 Å². The van der Waals surface area contributed by atoms with Gasteiger partial charge < -0.3 is 44.2 Å². The minimum atomic E-state index is -0.466. The molecule has 0 bridgehead atoms. The summed E-state index contributed by atoms with van der Waals surface area (Å²) >= 11 is 0. The second kappa shape index (κ2) is 16.0. The molecule has 3 atom stereocenters. The van der Waals surface area contributed by atoms with Crippen molar-refractivity contribution in [3.63, 3.8) is 0 Å². The summed E-state index contributed by atoms with van der Waals surface area (Å²) in [6.07, 6.45) is 1.62. The van der Waals surface area contributed by atoms with Gasteiger partial charge in [0.15, 0.2) is 12.0 Å². The van der Waals surface area contributed by atoms with Crippen LogP contribution in [0, 0.1) is 18.4 Å². The second-order valence-corrected chi connectivity index (χ2v) is 13.2. The van der Waals surface area contributed by atoms with Crippen molar-refractivity contribution in [3.8, 4) is 6.19 Å². The fourth-order valence-corrected chi connectivity index (χ4v) is 4.55. The summed E-state index contributed by atoms with van der Waals surface area (Å²) < 4.78 is 15.7. The molecule has 1 aromatic heterocycles. The van der Waals surface area contributed by atoms with Crippen molar-refractivity contribution >= 4 is 18.2 Å². The van der Waals surface area contributed by atoms with Gasteiger partial charge in [-0.15, -0.1) is 0 Å². The van der Waals surface area contributed by atoms with Gasteiger partial charge >= 0.3 is 18.2 Å². The van der Waals surface area contributed by atoms with Crippen LogP contribution < -0.4 is 15.5 Å². The van der Waals surface area contributed by atoms with Crippen LogP contribution in [0.4, 0.5) is 15.6 Å². The van der Waals surface area contributed by atoms with Gasteiger partial charge in [0.25, 0.3) is 0 Å². The first kappa shape index (κ1) is 35.9. The molecule has 0 aromatic carbocycles. The SMILES string of the molecule is C[C@H]1CN(C(=O)OC(C)(C)C)CCN1.C[C@H]1CN(C(=O)OC(C)(C)C)CCN1C#N.Cc1noc(N2CCNC[C@@H]2C)n1. The Morgan fingerprint density at radius 2 is 1.51 bits per heavy atom. The van der Waals surface area contributed by atoms with E-state index in [0.717, 1.165) is 39.3 Å². The van der Waals surface area contributed by atoms with Crippen molar-refractivity contribution in [2.45, 2.75) is 98.6 Å². The number of carbonyl (C=O) groups excluding carboxylic acids is 2. The predicted octanol–water partition coefficient (Wildman–Crippen LogP) is 2.80. The molecule has 4 heterocycles. The second-order valence-electron chi connectivity index (χ2n) is 13.2. The van der Waals surface area contributed by atoms with E-state index in [-0.39, 0.29) is 18.2 Å². The van der Waals surface area contributed by atoms with E-state index >= 15 is 0 Å². The number of amides is 2. The number of carbonyl (C=O) groups is 2. The van der Waals surface area contributed by atoms with Gasteiger partial charge in [0.1, 0.15) is 11.2 Å². The third kappa shape index (κ3) is 12.8. The van der Waals surface area contributed by atoms with Gasteiger partial charge in [-0.3, -0.25) is 0 Å². The molecular weight excluding hydrogens is 554 g/mol. The summed E-state index contributed by atoms with van der Waals surface area (Å²) in [7, 11) is 0. The predicted molar refractivity (Wildman–Crippen MR) is 164 cm³/mol.